The van der Waals surface area contributed by atoms with Gasteiger partial charge in [-0.25, -0.2) is 4.79 Å². The molecule has 6 nitrogen and oxygen atoms in total. The van der Waals surface area contributed by atoms with Crippen molar-refractivity contribution in [2.75, 3.05) is 12.4 Å². The van der Waals surface area contributed by atoms with Gasteiger partial charge in [-0.05, 0) is 37.6 Å². The minimum atomic E-state index is -0.459. The summed E-state index contributed by atoms with van der Waals surface area (Å²) in [7, 11) is 1.31. The molecule has 0 saturated carbocycles. The number of esters is 1. The molecule has 1 aromatic carbocycles. The Hall–Kier alpha value is -2.60. The third-order valence-electron chi connectivity index (χ3n) is 3.66. The van der Waals surface area contributed by atoms with Gasteiger partial charge in [-0.3, -0.25) is 9.78 Å². The Labute approximate surface area is 151 Å². The van der Waals surface area contributed by atoms with Crippen molar-refractivity contribution < 1.29 is 14.3 Å². The van der Waals surface area contributed by atoms with E-state index in [1.54, 1.807) is 30.5 Å². The molecule has 2 N–H and O–H groups in total. The summed E-state index contributed by atoms with van der Waals surface area (Å²) in [5.74, 6) is -0.653. The van der Waals surface area contributed by atoms with Crippen molar-refractivity contribution in [3.63, 3.8) is 0 Å². The molecular formula is C18H20ClN3O3. The van der Waals surface area contributed by atoms with Crippen LogP contribution in [0.3, 0.4) is 0 Å². The normalized spacial score (nSPS) is 11.5. The van der Waals surface area contributed by atoms with Crippen LogP contribution in [0.2, 0.25) is 5.02 Å². The molecule has 0 fully saturated rings. The Bertz CT molecular complexity index is 780. The monoisotopic (exact) mass is 361 g/mol. The molecule has 0 aliphatic heterocycles. The number of nitrogens with zero attached hydrogens (tertiary/aromatic N) is 1. The van der Waals surface area contributed by atoms with Gasteiger partial charge in [0.25, 0.3) is 5.91 Å². The van der Waals surface area contributed by atoms with Crippen molar-refractivity contribution in [1.82, 2.24) is 10.3 Å². The van der Waals surface area contributed by atoms with E-state index in [2.05, 4.69) is 15.6 Å². The Balaban J connectivity index is 2.22. The highest BCUT2D eigenvalue weighted by molar-refractivity contribution is 6.33. The molecule has 1 atom stereocenters. The molecule has 25 heavy (non-hydrogen) atoms. The van der Waals surface area contributed by atoms with E-state index in [4.69, 9.17) is 16.3 Å². The van der Waals surface area contributed by atoms with Gasteiger partial charge in [-0.2, -0.15) is 0 Å². The van der Waals surface area contributed by atoms with E-state index in [0.29, 0.717) is 27.5 Å². The van der Waals surface area contributed by atoms with E-state index < -0.39 is 5.97 Å². The summed E-state index contributed by atoms with van der Waals surface area (Å²) in [5, 5.41) is 6.39. The molecule has 1 aromatic heterocycles. The molecule has 7 heteroatoms. The van der Waals surface area contributed by atoms with E-state index in [9.17, 15) is 9.59 Å². The number of benzene rings is 1. The fourth-order valence-corrected chi connectivity index (χ4v) is 2.23. The summed E-state index contributed by atoms with van der Waals surface area (Å²) in [6.45, 7) is 3.93. The van der Waals surface area contributed by atoms with Gasteiger partial charge in [0.05, 0.1) is 40.8 Å². The first kappa shape index (κ1) is 18.7. The summed E-state index contributed by atoms with van der Waals surface area (Å²) < 4.78 is 4.70. The highest BCUT2D eigenvalue weighted by atomic mass is 35.5. The van der Waals surface area contributed by atoms with Crippen LogP contribution in [0.1, 0.15) is 41.0 Å². The topological polar surface area (TPSA) is 80.3 Å². The first-order valence-electron chi connectivity index (χ1n) is 7.85. The van der Waals surface area contributed by atoms with Crippen molar-refractivity contribution in [3.8, 4) is 0 Å². The van der Waals surface area contributed by atoms with Gasteiger partial charge >= 0.3 is 5.97 Å². The maximum atomic E-state index is 12.2. The van der Waals surface area contributed by atoms with Crippen LogP contribution >= 0.6 is 11.6 Å². The van der Waals surface area contributed by atoms with Crippen molar-refractivity contribution >= 4 is 34.9 Å². The van der Waals surface area contributed by atoms with Crippen molar-refractivity contribution in [3.05, 3.63) is 52.8 Å². The average molecular weight is 362 g/mol. The number of methoxy groups -OCH3 is 1. The number of ether oxygens (including phenoxy) is 1. The molecule has 1 unspecified atom stereocenters. The lowest BCUT2D eigenvalue weighted by molar-refractivity contribution is 0.0600. The second-order valence-corrected chi connectivity index (χ2v) is 5.96. The number of halogens is 1. The summed E-state index contributed by atoms with van der Waals surface area (Å²) in [5.41, 5.74) is 1.91. The second-order valence-electron chi connectivity index (χ2n) is 5.56. The number of anilines is 2. The molecule has 1 amide bonds. The summed E-state index contributed by atoms with van der Waals surface area (Å²) >= 11 is 6.17. The lowest BCUT2D eigenvalue weighted by atomic mass is 10.2. The zero-order valence-electron chi connectivity index (χ0n) is 14.3. The number of amides is 1. The number of pyridine rings is 1. The lowest BCUT2D eigenvalue weighted by Crippen LogP contribution is -2.31. The SMILES string of the molecule is CCC(C)NC(=O)c1cncc(Nc2cc(C(=O)OC)ccc2Cl)c1. The maximum absolute atomic E-state index is 12.2. The van der Waals surface area contributed by atoms with Crippen LogP contribution in [0.25, 0.3) is 0 Å². The zero-order chi connectivity index (χ0) is 18.4. The van der Waals surface area contributed by atoms with E-state index in [-0.39, 0.29) is 11.9 Å². The van der Waals surface area contributed by atoms with E-state index >= 15 is 0 Å². The maximum Gasteiger partial charge on any atom is 0.337 e. The number of nitrogens with one attached hydrogen (secondary N) is 2. The quantitative estimate of drug-likeness (QED) is 0.765. The number of hydrogen-bond acceptors (Lipinski definition) is 5. The van der Waals surface area contributed by atoms with Crippen molar-refractivity contribution in [2.24, 2.45) is 0 Å². The Morgan fingerprint density at radius 2 is 2.00 bits per heavy atom. The van der Waals surface area contributed by atoms with E-state index in [0.717, 1.165) is 6.42 Å². The molecule has 2 rings (SSSR count). The van der Waals surface area contributed by atoms with Gasteiger partial charge in [0.15, 0.2) is 0 Å². The minimum Gasteiger partial charge on any atom is -0.465 e. The predicted octanol–water partition coefficient (Wildman–Crippen LogP) is 3.79. The number of carbonyl (C=O) groups is 2. The summed E-state index contributed by atoms with van der Waals surface area (Å²) in [4.78, 5) is 27.9. The molecule has 1 heterocycles. The third kappa shape index (κ3) is 4.93. The molecule has 0 aliphatic rings. The fourth-order valence-electron chi connectivity index (χ4n) is 2.06. The molecule has 0 bridgehead atoms. The largest absolute Gasteiger partial charge is 0.465 e. The fraction of sp³-hybridized carbons (Fsp3) is 0.278. The zero-order valence-corrected chi connectivity index (χ0v) is 15.1. The molecule has 2 aromatic rings. The number of hydrogen-bond donors (Lipinski definition) is 2. The summed E-state index contributed by atoms with van der Waals surface area (Å²) in [6, 6.07) is 6.51. The van der Waals surface area contributed by atoms with Crippen LogP contribution < -0.4 is 10.6 Å². The molecule has 0 spiro atoms. The van der Waals surface area contributed by atoms with Gasteiger partial charge in [0, 0.05) is 12.2 Å². The van der Waals surface area contributed by atoms with Crippen LogP contribution in [0.15, 0.2) is 36.7 Å². The molecule has 0 aliphatic carbocycles. The number of rotatable bonds is 6. The smallest absolute Gasteiger partial charge is 0.337 e. The van der Waals surface area contributed by atoms with Crippen LogP contribution in [0, 0.1) is 0 Å². The van der Waals surface area contributed by atoms with Crippen molar-refractivity contribution in [2.45, 2.75) is 26.3 Å². The van der Waals surface area contributed by atoms with Gasteiger partial charge < -0.3 is 15.4 Å². The summed E-state index contributed by atoms with van der Waals surface area (Å²) in [6.07, 6.45) is 3.91. The standard InChI is InChI=1S/C18H20ClN3O3/c1-4-11(2)21-17(23)13-7-14(10-20-9-13)22-16-8-12(18(24)25-3)5-6-15(16)19/h5-11,22H,4H2,1-3H3,(H,21,23). The van der Waals surface area contributed by atoms with Crippen LogP contribution in [0.4, 0.5) is 11.4 Å². The van der Waals surface area contributed by atoms with Gasteiger partial charge in [0.2, 0.25) is 0 Å². The highest BCUT2D eigenvalue weighted by Crippen LogP contribution is 2.27. The lowest BCUT2D eigenvalue weighted by Gasteiger charge is -2.13. The van der Waals surface area contributed by atoms with Gasteiger partial charge in [0.1, 0.15) is 0 Å². The Kier molecular flexibility index (Phi) is 6.36. The second kappa shape index (κ2) is 8.48. The van der Waals surface area contributed by atoms with Gasteiger partial charge in [-0.15, -0.1) is 0 Å². The van der Waals surface area contributed by atoms with Gasteiger partial charge in [-0.1, -0.05) is 18.5 Å². The third-order valence-corrected chi connectivity index (χ3v) is 3.99. The number of carbonyl (C=O) groups excluding carboxylic acids is 2. The Morgan fingerprint density at radius 1 is 1.24 bits per heavy atom. The molecular weight excluding hydrogens is 342 g/mol. The first-order valence-corrected chi connectivity index (χ1v) is 8.23. The average Bonchev–Trinajstić information content (AvgIpc) is 2.62. The van der Waals surface area contributed by atoms with Crippen LogP contribution in [0.5, 0.6) is 0 Å². The van der Waals surface area contributed by atoms with Crippen LogP contribution in [-0.2, 0) is 4.74 Å². The Morgan fingerprint density at radius 3 is 2.68 bits per heavy atom. The molecule has 132 valence electrons. The van der Waals surface area contributed by atoms with E-state index in [1.807, 2.05) is 13.8 Å². The predicted molar refractivity (Wildman–Crippen MR) is 97.5 cm³/mol. The molecule has 0 radical (unpaired) electrons. The highest BCUT2D eigenvalue weighted by Gasteiger charge is 2.12. The van der Waals surface area contributed by atoms with Crippen molar-refractivity contribution in [1.29, 1.82) is 0 Å². The van der Waals surface area contributed by atoms with E-state index in [1.165, 1.54) is 13.3 Å². The number of aromatic nitrogens is 1. The first-order chi connectivity index (χ1) is 11.9. The minimum absolute atomic E-state index is 0.0790. The van der Waals surface area contributed by atoms with Crippen LogP contribution in [-0.4, -0.2) is 30.0 Å². The molecule has 0 saturated heterocycles.